The summed E-state index contributed by atoms with van der Waals surface area (Å²) in [4.78, 5) is 32.8. The van der Waals surface area contributed by atoms with Crippen LogP contribution in [0.4, 0.5) is 28.9 Å². The quantitative estimate of drug-likeness (QED) is 0.506. The Hall–Kier alpha value is -3.74. The summed E-state index contributed by atoms with van der Waals surface area (Å²) in [7, 11) is 1.12. The number of carbonyl (C=O) groups excluding carboxylic acids is 2. The van der Waals surface area contributed by atoms with Crippen LogP contribution >= 0.6 is 0 Å². The molecular weight excluding hydrogens is 508 g/mol. The molecule has 1 saturated heterocycles. The number of fused-ring (bicyclic) bond motifs is 3. The molecule has 0 unspecified atom stereocenters. The minimum absolute atomic E-state index is 0.0259. The summed E-state index contributed by atoms with van der Waals surface area (Å²) in [6.45, 7) is 0.0607. The predicted octanol–water partition coefficient (Wildman–Crippen LogP) is 2.86. The van der Waals surface area contributed by atoms with Crippen LogP contribution in [0.3, 0.4) is 0 Å². The molecule has 9 nitrogen and oxygen atoms in total. The van der Waals surface area contributed by atoms with E-state index in [1.165, 1.54) is 27.6 Å². The molecule has 1 fully saturated rings. The Labute approximate surface area is 215 Å². The summed E-state index contributed by atoms with van der Waals surface area (Å²) in [5, 5.41) is 12.9. The van der Waals surface area contributed by atoms with Crippen LogP contribution in [0, 0.1) is 11.9 Å². The molecule has 2 aliphatic heterocycles. The van der Waals surface area contributed by atoms with Crippen molar-refractivity contribution in [3.8, 4) is 0 Å². The van der Waals surface area contributed by atoms with Gasteiger partial charge in [-0.05, 0) is 37.0 Å². The lowest BCUT2D eigenvalue weighted by molar-refractivity contribution is -0.190. The summed E-state index contributed by atoms with van der Waals surface area (Å²) < 4.78 is 57.8. The van der Waals surface area contributed by atoms with Crippen LogP contribution in [0.5, 0.6) is 0 Å². The van der Waals surface area contributed by atoms with E-state index in [1.807, 2.05) is 4.90 Å². The maximum absolute atomic E-state index is 14.2. The van der Waals surface area contributed by atoms with Crippen molar-refractivity contribution < 1.29 is 32.3 Å². The number of alkyl halides is 3. The molecule has 2 atom stereocenters. The topological polar surface area (TPSA) is 94.3 Å². The van der Waals surface area contributed by atoms with E-state index in [0.29, 0.717) is 34.9 Å². The number of hydrogen-bond acceptors (Lipinski definition) is 6. The average Bonchev–Trinajstić information content (AvgIpc) is 3.54. The summed E-state index contributed by atoms with van der Waals surface area (Å²) in [6.07, 6.45) is -1.52. The van der Waals surface area contributed by atoms with Crippen LogP contribution in [-0.2, 0) is 16.0 Å². The zero-order valence-corrected chi connectivity index (χ0v) is 20.5. The zero-order valence-electron chi connectivity index (χ0n) is 20.5. The molecular formula is C25H26F4N6O3. The van der Waals surface area contributed by atoms with Crippen molar-refractivity contribution in [3.63, 3.8) is 0 Å². The first kappa shape index (κ1) is 25.9. The molecule has 4 heterocycles. The molecule has 2 aromatic heterocycles. The Morgan fingerprint density at radius 1 is 1.21 bits per heavy atom. The number of benzene rings is 1. The van der Waals surface area contributed by atoms with Gasteiger partial charge >= 0.3 is 6.18 Å². The standard InChI is InChI=1S/C25H26F4N6O3/c1-32(24(38)16-8-10-33(13-16)22(37)14-36)23(25(27,28)29)15-4-6-17(7-5-15)34-9-2-3-18-19(34)12-30-21-11-20(26)31-35(18)21/h4-7,11-12,16,23,36H,2-3,8-10,13-14H2,1H3/t16-,23-/m0/s1. The lowest BCUT2D eigenvalue weighted by Crippen LogP contribution is -2.43. The molecule has 38 heavy (non-hydrogen) atoms. The lowest BCUT2D eigenvalue weighted by Gasteiger charge is -2.33. The summed E-state index contributed by atoms with van der Waals surface area (Å²) >= 11 is 0. The van der Waals surface area contributed by atoms with Crippen LogP contribution in [0.2, 0.25) is 0 Å². The lowest BCUT2D eigenvalue weighted by atomic mass is 10.0. The smallest absolute Gasteiger partial charge is 0.387 e. The maximum Gasteiger partial charge on any atom is 0.413 e. The highest BCUT2D eigenvalue weighted by molar-refractivity contribution is 5.83. The summed E-state index contributed by atoms with van der Waals surface area (Å²) in [5.74, 6) is -2.69. The Morgan fingerprint density at radius 3 is 2.63 bits per heavy atom. The molecule has 0 spiro atoms. The SMILES string of the molecule is CN(C(=O)[C@H]1CCN(C(=O)CO)C1)[C@@H](c1ccc(N2CCCc3c2cnc2cc(F)nn32)cc1)C(F)(F)F. The highest BCUT2D eigenvalue weighted by atomic mass is 19.4. The Kier molecular flexibility index (Phi) is 6.72. The molecule has 0 bridgehead atoms. The van der Waals surface area contributed by atoms with E-state index in [-0.39, 0.29) is 25.1 Å². The highest BCUT2D eigenvalue weighted by Crippen LogP contribution is 2.40. The van der Waals surface area contributed by atoms with Gasteiger partial charge in [0.05, 0.1) is 23.5 Å². The van der Waals surface area contributed by atoms with E-state index in [2.05, 4.69) is 10.1 Å². The second-order valence-corrected chi connectivity index (χ2v) is 9.55. The van der Waals surface area contributed by atoms with Crippen molar-refractivity contribution in [2.45, 2.75) is 31.5 Å². The fraction of sp³-hybridized carbons (Fsp3) is 0.440. The molecule has 3 aromatic rings. The number of aromatic nitrogens is 3. The minimum Gasteiger partial charge on any atom is -0.387 e. The van der Waals surface area contributed by atoms with Gasteiger partial charge in [0, 0.05) is 38.4 Å². The van der Waals surface area contributed by atoms with Crippen molar-refractivity contribution in [3.05, 3.63) is 53.7 Å². The zero-order chi connectivity index (χ0) is 27.2. The van der Waals surface area contributed by atoms with Crippen molar-refractivity contribution in [2.75, 3.05) is 38.2 Å². The van der Waals surface area contributed by atoms with Crippen LogP contribution < -0.4 is 4.90 Å². The average molecular weight is 535 g/mol. The number of rotatable bonds is 5. The Morgan fingerprint density at radius 2 is 1.95 bits per heavy atom. The van der Waals surface area contributed by atoms with Gasteiger partial charge in [-0.2, -0.15) is 17.6 Å². The van der Waals surface area contributed by atoms with E-state index in [9.17, 15) is 27.2 Å². The van der Waals surface area contributed by atoms with Gasteiger partial charge in [-0.3, -0.25) is 9.59 Å². The predicted molar refractivity (Wildman–Crippen MR) is 128 cm³/mol. The number of carbonyl (C=O) groups is 2. The first-order valence-corrected chi connectivity index (χ1v) is 12.2. The molecule has 1 aromatic carbocycles. The van der Waals surface area contributed by atoms with Crippen LogP contribution in [0.15, 0.2) is 36.5 Å². The molecule has 2 aliphatic rings. The molecule has 202 valence electrons. The van der Waals surface area contributed by atoms with Crippen molar-refractivity contribution in [1.29, 1.82) is 0 Å². The van der Waals surface area contributed by atoms with Gasteiger partial charge in [-0.15, -0.1) is 5.10 Å². The molecule has 0 aliphatic carbocycles. The van der Waals surface area contributed by atoms with Crippen molar-refractivity contribution in [2.24, 2.45) is 5.92 Å². The molecule has 5 rings (SSSR count). The monoisotopic (exact) mass is 534 g/mol. The Balaban J connectivity index is 1.39. The normalized spacial score (nSPS) is 18.5. The van der Waals surface area contributed by atoms with E-state index in [4.69, 9.17) is 5.11 Å². The van der Waals surface area contributed by atoms with E-state index in [0.717, 1.165) is 19.2 Å². The van der Waals surface area contributed by atoms with Crippen molar-refractivity contribution >= 4 is 28.8 Å². The van der Waals surface area contributed by atoms with Crippen LogP contribution in [-0.4, -0.2) is 80.8 Å². The first-order chi connectivity index (χ1) is 18.1. The number of hydrogen-bond donors (Lipinski definition) is 1. The van der Waals surface area contributed by atoms with Gasteiger partial charge < -0.3 is 19.8 Å². The molecule has 0 radical (unpaired) electrons. The number of nitrogens with zero attached hydrogens (tertiary/aromatic N) is 6. The minimum atomic E-state index is -4.73. The van der Waals surface area contributed by atoms with Gasteiger partial charge in [-0.1, -0.05) is 12.1 Å². The third-order valence-corrected chi connectivity index (χ3v) is 7.21. The largest absolute Gasteiger partial charge is 0.413 e. The maximum atomic E-state index is 14.2. The third-order valence-electron chi connectivity index (χ3n) is 7.21. The fourth-order valence-corrected chi connectivity index (χ4v) is 5.37. The highest BCUT2D eigenvalue weighted by Gasteiger charge is 2.47. The van der Waals surface area contributed by atoms with Crippen LogP contribution in [0.25, 0.3) is 5.65 Å². The van der Waals surface area contributed by atoms with Gasteiger partial charge in [-0.25, -0.2) is 9.50 Å². The van der Waals surface area contributed by atoms with Crippen molar-refractivity contribution in [1.82, 2.24) is 24.4 Å². The Bertz CT molecular complexity index is 1360. The number of anilines is 2. The first-order valence-electron chi connectivity index (χ1n) is 12.2. The molecule has 0 saturated carbocycles. The number of likely N-dealkylation sites (tertiary alicyclic amines) is 1. The third kappa shape index (κ3) is 4.66. The second-order valence-electron chi connectivity index (χ2n) is 9.55. The van der Waals surface area contributed by atoms with Crippen LogP contribution in [0.1, 0.15) is 30.1 Å². The summed E-state index contributed by atoms with van der Waals surface area (Å²) in [6, 6.07) is 4.88. The van der Waals surface area contributed by atoms with Gasteiger partial charge in [0.25, 0.3) is 0 Å². The molecule has 13 heteroatoms. The van der Waals surface area contributed by atoms with E-state index in [1.54, 1.807) is 18.3 Å². The number of aryl methyl sites for hydroxylation is 1. The number of aliphatic hydroxyl groups excluding tert-OH is 1. The van der Waals surface area contributed by atoms with E-state index < -0.39 is 42.5 Å². The number of amides is 2. The van der Waals surface area contributed by atoms with Gasteiger partial charge in [0.1, 0.15) is 6.61 Å². The number of aliphatic hydroxyl groups is 1. The molecule has 1 N–H and O–H groups in total. The van der Waals surface area contributed by atoms with Gasteiger partial charge in [0.15, 0.2) is 11.7 Å². The second kappa shape index (κ2) is 9.86. The summed E-state index contributed by atoms with van der Waals surface area (Å²) in [5.41, 5.74) is 2.37. The molecule has 2 amide bonds. The van der Waals surface area contributed by atoms with E-state index >= 15 is 0 Å². The van der Waals surface area contributed by atoms with Gasteiger partial charge in [0.2, 0.25) is 17.8 Å². The number of halogens is 4. The fourth-order valence-electron chi connectivity index (χ4n) is 5.37.